The van der Waals surface area contributed by atoms with Gasteiger partial charge in [0.15, 0.2) is 5.82 Å². The number of hydrogen-bond donors (Lipinski definition) is 1. The Hall–Kier alpha value is -1.20. The van der Waals surface area contributed by atoms with Crippen molar-refractivity contribution in [1.29, 1.82) is 0 Å². The van der Waals surface area contributed by atoms with Crippen molar-refractivity contribution in [2.45, 2.75) is 19.8 Å². The predicted octanol–water partition coefficient (Wildman–Crippen LogP) is 0.770. The molecule has 2 heterocycles. The van der Waals surface area contributed by atoms with Crippen LogP contribution >= 0.6 is 0 Å². The zero-order chi connectivity index (χ0) is 13.5. The molecule has 0 bridgehead atoms. The maximum Gasteiger partial charge on any atom is 0.151 e. The van der Waals surface area contributed by atoms with Gasteiger partial charge in [0.2, 0.25) is 0 Å². The first-order valence-corrected chi connectivity index (χ1v) is 7.26. The third-order valence-corrected chi connectivity index (χ3v) is 3.56. The number of piperazine rings is 1. The highest BCUT2D eigenvalue weighted by Gasteiger charge is 2.10. The van der Waals surface area contributed by atoms with Crippen LogP contribution in [0.3, 0.4) is 0 Å². The van der Waals surface area contributed by atoms with E-state index in [2.05, 4.69) is 51.4 Å². The summed E-state index contributed by atoms with van der Waals surface area (Å²) >= 11 is 0. The molecule has 1 aliphatic heterocycles. The second-order valence-electron chi connectivity index (χ2n) is 5.15. The number of rotatable bonds is 6. The summed E-state index contributed by atoms with van der Waals surface area (Å²) in [6.07, 6.45) is 2.13. The van der Waals surface area contributed by atoms with Crippen LogP contribution in [0.25, 0.3) is 0 Å². The summed E-state index contributed by atoms with van der Waals surface area (Å²) in [6, 6.07) is 4.17. The molecular formula is C14H25N5. The molecule has 106 valence electrons. The quantitative estimate of drug-likeness (QED) is 0.821. The normalized spacial score (nSPS) is 16.5. The fourth-order valence-corrected chi connectivity index (χ4v) is 2.29. The molecule has 0 aliphatic carbocycles. The van der Waals surface area contributed by atoms with E-state index in [0.29, 0.717) is 0 Å². The standard InChI is InChI=1S/C14H25N5/c1-3-4-13-5-6-14(17-16-13)18(2)11-12-19-9-7-15-8-10-19/h5-6,15H,3-4,7-12H2,1-2H3. The molecule has 1 N–H and O–H groups in total. The van der Waals surface area contributed by atoms with Gasteiger partial charge >= 0.3 is 0 Å². The van der Waals surface area contributed by atoms with E-state index in [1.165, 1.54) is 0 Å². The van der Waals surface area contributed by atoms with Gasteiger partial charge in [-0.3, -0.25) is 4.90 Å². The third kappa shape index (κ3) is 4.44. The lowest BCUT2D eigenvalue weighted by Crippen LogP contribution is -2.46. The number of aromatic nitrogens is 2. The van der Waals surface area contributed by atoms with Gasteiger partial charge in [-0.25, -0.2) is 0 Å². The molecule has 0 atom stereocenters. The number of nitrogens with zero attached hydrogens (tertiary/aromatic N) is 4. The second kappa shape index (κ2) is 7.40. The van der Waals surface area contributed by atoms with Crippen LogP contribution in [-0.4, -0.2) is 61.4 Å². The summed E-state index contributed by atoms with van der Waals surface area (Å²) in [5, 5.41) is 11.9. The average Bonchev–Trinajstić information content (AvgIpc) is 2.47. The lowest BCUT2D eigenvalue weighted by molar-refractivity contribution is 0.246. The van der Waals surface area contributed by atoms with E-state index in [0.717, 1.165) is 63.6 Å². The maximum absolute atomic E-state index is 4.31. The van der Waals surface area contributed by atoms with Crippen molar-refractivity contribution in [3.8, 4) is 0 Å². The van der Waals surface area contributed by atoms with Gasteiger partial charge in [-0.2, -0.15) is 5.10 Å². The van der Waals surface area contributed by atoms with Crippen LogP contribution in [0.4, 0.5) is 5.82 Å². The molecule has 0 amide bonds. The highest BCUT2D eigenvalue weighted by Crippen LogP contribution is 2.08. The second-order valence-corrected chi connectivity index (χ2v) is 5.15. The van der Waals surface area contributed by atoms with Crippen molar-refractivity contribution >= 4 is 5.82 Å². The molecule has 1 aliphatic rings. The van der Waals surface area contributed by atoms with Crippen molar-refractivity contribution in [2.24, 2.45) is 0 Å². The summed E-state index contributed by atoms with van der Waals surface area (Å²) in [5.41, 5.74) is 1.08. The van der Waals surface area contributed by atoms with E-state index < -0.39 is 0 Å². The molecule has 0 unspecified atom stereocenters. The number of hydrogen-bond acceptors (Lipinski definition) is 5. The van der Waals surface area contributed by atoms with Crippen molar-refractivity contribution < 1.29 is 0 Å². The Kier molecular flexibility index (Phi) is 5.54. The molecule has 5 heteroatoms. The van der Waals surface area contributed by atoms with E-state index >= 15 is 0 Å². The minimum atomic E-state index is 0.968. The average molecular weight is 263 g/mol. The first-order valence-electron chi connectivity index (χ1n) is 7.26. The number of nitrogens with one attached hydrogen (secondary N) is 1. The van der Waals surface area contributed by atoms with E-state index in [4.69, 9.17) is 0 Å². The highest BCUT2D eigenvalue weighted by molar-refractivity contribution is 5.36. The van der Waals surface area contributed by atoms with Crippen LogP contribution in [0, 0.1) is 0 Å². The summed E-state index contributed by atoms with van der Waals surface area (Å²) in [7, 11) is 2.09. The molecule has 0 saturated carbocycles. The van der Waals surface area contributed by atoms with E-state index in [9.17, 15) is 0 Å². The molecule has 19 heavy (non-hydrogen) atoms. The molecule has 2 rings (SSSR count). The molecule has 0 spiro atoms. The summed E-state index contributed by atoms with van der Waals surface area (Å²) < 4.78 is 0. The van der Waals surface area contributed by atoms with E-state index in [1.807, 2.05) is 0 Å². The number of likely N-dealkylation sites (N-methyl/N-ethyl adjacent to an activating group) is 1. The number of anilines is 1. The minimum Gasteiger partial charge on any atom is -0.357 e. The highest BCUT2D eigenvalue weighted by atomic mass is 15.3. The lowest BCUT2D eigenvalue weighted by Gasteiger charge is -2.29. The van der Waals surface area contributed by atoms with Gasteiger partial charge in [0, 0.05) is 46.3 Å². The minimum absolute atomic E-state index is 0.968. The Balaban J connectivity index is 1.79. The monoisotopic (exact) mass is 263 g/mol. The fraction of sp³-hybridized carbons (Fsp3) is 0.714. The third-order valence-electron chi connectivity index (χ3n) is 3.56. The van der Waals surface area contributed by atoms with Crippen molar-refractivity contribution in [2.75, 3.05) is 51.2 Å². The van der Waals surface area contributed by atoms with Crippen LogP contribution in [0.1, 0.15) is 19.0 Å². The molecule has 1 aromatic heterocycles. The van der Waals surface area contributed by atoms with Crippen molar-refractivity contribution in [1.82, 2.24) is 20.4 Å². The Bertz CT molecular complexity index is 359. The summed E-state index contributed by atoms with van der Waals surface area (Å²) in [5.74, 6) is 0.968. The van der Waals surface area contributed by atoms with Crippen LogP contribution in [0.15, 0.2) is 12.1 Å². The fourth-order valence-electron chi connectivity index (χ4n) is 2.29. The van der Waals surface area contributed by atoms with Crippen LogP contribution in [0.5, 0.6) is 0 Å². The predicted molar refractivity (Wildman–Crippen MR) is 78.6 cm³/mol. The van der Waals surface area contributed by atoms with Crippen LogP contribution in [0.2, 0.25) is 0 Å². The molecule has 0 aromatic carbocycles. The molecule has 1 aromatic rings. The van der Waals surface area contributed by atoms with Gasteiger partial charge in [-0.05, 0) is 18.6 Å². The van der Waals surface area contributed by atoms with Gasteiger partial charge < -0.3 is 10.2 Å². The van der Waals surface area contributed by atoms with Gasteiger partial charge in [0.05, 0.1) is 5.69 Å². The van der Waals surface area contributed by atoms with E-state index in [-0.39, 0.29) is 0 Å². The van der Waals surface area contributed by atoms with E-state index in [1.54, 1.807) is 0 Å². The van der Waals surface area contributed by atoms with Gasteiger partial charge in [-0.15, -0.1) is 5.10 Å². The molecule has 1 fully saturated rings. The molecule has 1 saturated heterocycles. The molecule has 0 radical (unpaired) electrons. The first kappa shape index (κ1) is 14.2. The number of aryl methyl sites for hydroxylation is 1. The van der Waals surface area contributed by atoms with Crippen molar-refractivity contribution in [3.05, 3.63) is 17.8 Å². The van der Waals surface area contributed by atoms with Crippen LogP contribution in [-0.2, 0) is 6.42 Å². The molecular weight excluding hydrogens is 238 g/mol. The Labute approximate surface area is 116 Å². The Morgan fingerprint density at radius 3 is 2.68 bits per heavy atom. The summed E-state index contributed by atoms with van der Waals surface area (Å²) in [6.45, 7) is 8.77. The van der Waals surface area contributed by atoms with Gasteiger partial charge in [-0.1, -0.05) is 13.3 Å². The maximum atomic E-state index is 4.31. The first-order chi connectivity index (χ1) is 9.29. The zero-order valence-corrected chi connectivity index (χ0v) is 12.1. The summed E-state index contributed by atoms with van der Waals surface area (Å²) in [4.78, 5) is 4.68. The zero-order valence-electron chi connectivity index (χ0n) is 12.1. The molecule has 5 nitrogen and oxygen atoms in total. The Morgan fingerprint density at radius 2 is 2.05 bits per heavy atom. The van der Waals surface area contributed by atoms with Gasteiger partial charge in [0.25, 0.3) is 0 Å². The Morgan fingerprint density at radius 1 is 1.26 bits per heavy atom. The van der Waals surface area contributed by atoms with Crippen molar-refractivity contribution in [3.63, 3.8) is 0 Å². The SMILES string of the molecule is CCCc1ccc(N(C)CCN2CCNCC2)nn1. The lowest BCUT2D eigenvalue weighted by atomic mass is 10.2. The van der Waals surface area contributed by atoms with Crippen LogP contribution < -0.4 is 10.2 Å². The largest absolute Gasteiger partial charge is 0.357 e. The smallest absolute Gasteiger partial charge is 0.151 e. The van der Waals surface area contributed by atoms with Gasteiger partial charge in [0.1, 0.15) is 0 Å². The topological polar surface area (TPSA) is 44.3 Å².